The molecule has 2 N–H and O–H groups in total. The summed E-state index contributed by atoms with van der Waals surface area (Å²) < 4.78 is 36.7. The Balaban J connectivity index is 2.05. The van der Waals surface area contributed by atoms with Gasteiger partial charge in [0.2, 0.25) is 5.95 Å². The Morgan fingerprint density at radius 2 is 1.95 bits per heavy atom. The fraction of sp³-hybridized carbons (Fsp3) is 0.333. The molecule has 1 heterocycles. The lowest BCUT2D eigenvalue weighted by atomic mass is 10.1. The first-order valence-corrected chi connectivity index (χ1v) is 6.78. The van der Waals surface area contributed by atoms with E-state index in [9.17, 15) is 18.3 Å². The summed E-state index contributed by atoms with van der Waals surface area (Å²) in [5.74, 6) is 0.367. The molecule has 1 aromatic carbocycles. The fourth-order valence-electron chi connectivity index (χ4n) is 2.00. The van der Waals surface area contributed by atoms with Gasteiger partial charge in [-0.25, -0.2) is 9.97 Å². The van der Waals surface area contributed by atoms with Gasteiger partial charge >= 0.3 is 6.18 Å². The molecule has 0 aliphatic heterocycles. The van der Waals surface area contributed by atoms with E-state index in [2.05, 4.69) is 15.3 Å². The van der Waals surface area contributed by atoms with Gasteiger partial charge in [0.05, 0.1) is 6.04 Å². The zero-order chi connectivity index (χ0) is 16.2. The van der Waals surface area contributed by atoms with Crippen molar-refractivity contribution in [2.75, 3.05) is 5.32 Å². The zero-order valence-corrected chi connectivity index (χ0v) is 11.9. The van der Waals surface area contributed by atoms with Crippen LogP contribution >= 0.6 is 0 Å². The van der Waals surface area contributed by atoms with Crippen LogP contribution in [0.25, 0.3) is 0 Å². The summed E-state index contributed by atoms with van der Waals surface area (Å²) in [6.45, 7) is 1.81. The van der Waals surface area contributed by atoms with E-state index in [0.717, 1.165) is 0 Å². The second-order valence-electron chi connectivity index (χ2n) is 4.91. The maximum atomic E-state index is 12.2. The van der Waals surface area contributed by atoms with Crippen LogP contribution in [0.15, 0.2) is 36.5 Å². The highest BCUT2D eigenvalue weighted by atomic mass is 19.4. The third-order valence-electron chi connectivity index (χ3n) is 3.13. The summed E-state index contributed by atoms with van der Waals surface area (Å²) in [7, 11) is 0. The van der Waals surface area contributed by atoms with Gasteiger partial charge in [-0.3, -0.25) is 0 Å². The quantitative estimate of drug-likeness (QED) is 0.880. The van der Waals surface area contributed by atoms with Crippen LogP contribution < -0.4 is 5.32 Å². The lowest BCUT2D eigenvalue weighted by molar-refractivity contribution is -0.134. The number of para-hydroxylation sites is 1. The molecule has 0 spiro atoms. The molecule has 0 bridgehead atoms. The van der Waals surface area contributed by atoms with Gasteiger partial charge in [-0.15, -0.1) is 0 Å². The van der Waals surface area contributed by atoms with Crippen LogP contribution in [-0.2, 0) is 6.42 Å². The Hall–Kier alpha value is -2.31. The third kappa shape index (κ3) is 4.61. The number of halogens is 3. The molecular formula is C15H16F3N3O. The lowest BCUT2D eigenvalue weighted by Gasteiger charge is -2.15. The van der Waals surface area contributed by atoms with Gasteiger partial charge in [-0.2, -0.15) is 13.2 Å². The number of aryl methyl sites for hydroxylation is 1. The van der Waals surface area contributed by atoms with Crippen molar-refractivity contribution in [3.8, 4) is 5.75 Å². The van der Waals surface area contributed by atoms with E-state index in [4.69, 9.17) is 0 Å². The van der Waals surface area contributed by atoms with Gasteiger partial charge in [0, 0.05) is 23.9 Å². The number of anilines is 1. The van der Waals surface area contributed by atoms with Gasteiger partial charge in [0.25, 0.3) is 0 Å². The summed E-state index contributed by atoms with van der Waals surface area (Å²) >= 11 is 0. The van der Waals surface area contributed by atoms with Crippen molar-refractivity contribution in [2.45, 2.75) is 32.0 Å². The Bertz CT molecular complexity index is 631. The van der Waals surface area contributed by atoms with E-state index in [1.807, 2.05) is 0 Å². The lowest BCUT2D eigenvalue weighted by Crippen LogP contribution is -2.12. The molecule has 0 unspecified atom stereocenters. The maximum absolute atomic E-state index is 12.2. The number of benzene rings is 1. The van der Waals surface area contributed by atoms with Crippen molar-refractivity contribution >= 4 is 5.95 Å². The predicted octanol–water partition coefficient (Wildman–Crippen LogP) is 3.85. The van der Waals surface area contributed by atoms with E-state index in [1.54, 1.807) is 31.2 Å². The number of aromatic nitrogens is 2. The molecule has 118 valence electrons. The largest absolute Gasteiger partial charge is 0.508 e. The topological polar surface area (TPSA) is 58.0 Å². The number of alkyl halides is 3. The fourth-order valence-corrected chi connectivity index (χ4v) is 2.00. The molecule has 7 heteroatoms. The molecule has 1 atom stereocenters. The van der Waals surface area contributed by atoms with Crippen molar-refractivity contribution in [3.63, 3.8) is 0 Å². The Morgan fingerprint density at radius 3 is 2.64 bits per heavy atom. The number of aromatic hydroxyl groups is 1. The number of hydrogen-bond acceptors (Lipinski definition) is 4. The van der Waals surface area contributed by atoms with Gasteiger partial charge in [-0.05, 0) is 25.5 Å². The maximum Gasteiger partial charge on any atom is 0.389 e. The first-order valence-electron chi connectivity index (χ1n) is 6.78. The summed E-state index contributed by atoms with van der Waals surface area (Å²) in [5.41, 5.74) is 0.978. The van der Waals surface area contributed by atoms with Gasteiger partial charge in [0.15, 0.2) is 0 Å². The van der Waals surface area contributed by atoms with Crippen LogP contribution in [0, 0.1) is 0 Å². The zero-order valence-electron chi connectivity index (χ0n) is 11.9. The summed E-state index contributed by atoms with van der Waals surface area (Å²) in [6.07, 6.45) is -3.90. The van der Waals surface area contributed by atoms with Crippen molar-refractivity contribution in [1.29, 1.82) is 0 Å². The van der Waals surface area contributed by atoms with E-state index in [-0.39, 0.29) is 24.2 Å². The highest BCUT2D eigenvalue weighted by Gasteiger charge is 2.26. The van der Waals surface area contributed by atoms with Gasteiger partial charge in [-0.1, -0.05) is 18.2 Å². The summed E-state index contributed by atoms with van der Waals surface area (Å²) in [5, 5.41) is 12.8. The first kappa shape index (κ1) is 16.1. The average molecular weight is 311 g/mol. The van der Waals surface area contributed by atoms with E-state index < -0.39 is 12.6 Å². The molecule has 0 aliphatic carbocycles. The normalized spacial score (nSPS) is 12.9. The summed E-state index contributed by atoms with van der Waals surface area (Å²) in [6, 6.07) is 7.99. The number of rotatable bonds is 5. The van der Waals surface area contributed by atoms with Crippen LogP contribution in [0.1, 0.15) is 30.6 Å². The highest BCUT2D eigenvalue weighted by molar-refractivity contribution is 5.39. The van der Waals surface area contributed by atoms with E-state index >= 15 is 0 Å². The smallest absolute Gasteiger partial charge is 0.389 e. The Labute approximate surface area is 126 Å². The minimum Gasteiger partial charge on any atom is -0.508 e. The van der Waals surface area contributed by atoms with Crippen molar-refractivity contribution in [2.24, 2.45) is 0 Å². The number of hydrogen-bond donors (Lipinski definition) is 2. The number of phenolic OH excluding ortho intramolecular Hbond substituents is 1. The molecule has 22 heavy (non-hydrogen) atoms. The molecule has 2 rings (SSSR count). The minimum absolute atomic E-state index is 0.135. The van der Waals surface area contributed by atoms with E-state index in [0.29, 0.717) is 11.3 Å². The summed E-state index contributed by atoms with van der Waals surface area (Å²) in [4.78, 5) is 8.06. The second kappa shape index (κ2) is 6.64. The van der Waals surface area contributed by atoms with Gasteiger partial charge in [0.1, 0.15) is 5.75 Å². The molecule has 4 nitrogen and oxygen atoms in total. The third-order valence-corrected chi connectivity index (χ3v) is 3.13. The molecule has 0 saturated heterocycles. The molecule has 2 aromatic rings. The van der Waals surface area contributed by atoms with E-state index in [1.165, 1.54) is 12.3 Å². The number of nitrogens with zero attached hydrogens (tertiary/aromatic N) is 2. The predicted molar refractivity (Wildman–Crippen MR) is 76.6 cm³/mol. The van der Waals surface area contributed by atoms with Crippen LogP contribution in [-0.4, -0.2) is 21.3 Å². The minimum atomic E-state index is -4.21. The van der Waals surface area contributed by atoms with Crippen LogP contribution in [0.3, 0.4) is 0 Å². The highest BCUT2D eigenvalue weighted by Crippen LogP contribution is 2.26. The Morgan fingerprint density at radius 1 is 1.23 bits per heavy atom. The number of nitrogens with one attached hydrogen (secondary N) is 1. The Kier molecular flexibility index (Phi) is 4.85. The molecule has 0 aliphatic rings. The molecule has 0 radical (unpaired) electrons. The molecule has 0 fully saturated rings. The molecule has 0 amide bonds. The van der Waals surface area contributed by atoms with Gasteiger partial charge < -0.3 is 10.4 Å². The second-order valence-corrected chi connectivity index (χ2v) is 4.91. The van der Waals surface area contributed by atoms with Crippen molar-refractivity contribution in [1.82, 2.24) is 9.97 Å². The average Bonchev–Trinajstić information content (AvgIpc) is 2.45. The van der Waals surface area contributed by atoms with Crippen molar-refractivity contribution in [3.05, 3.63) is 47.8 Å². The number of phenols is 1. The SMILES string of the molecule is C[C@H](Nc1nccc(CCC(F)(F)F)n1)c1ccccc1O. The standard InChI is InChI=1S/C15H16F3N3O/c1-10(12-4-2-3-5-13(12)22)20-14-19-9-7-11(21-14)6-8-15(16,17)18/h2-5,7,9-10,22H,6,8H2,1H3,(H,19,20,21)/t10-/m0/s1. The molecule has 0 saturated carbocycles. The first-order chi connectivity index (χ1) is 10.3. The van der Waals surface area contributed by atoms with Crippen LogP contribution in [0.4, 0.5) is 19.1 Å². The van der Waals surface area contributed by atoms with Crippen LogP contribution in [0.5, 0.6) is 5.75 Å². The molecular weight excluding hydrogens is 295 g/mol. The monoisotopic (exact) mass is 311 g/mol. The van der Waals surface area contributed by atoms with Crippen molar-refractivity contribution < 1.29 is 18.3 Å². The molecule has 1 aromatic heterocycles. The van der Waals surface area contributed by atoms with Crippen LogP contribution in [0.2, 0.25) is 0 Å².